The fourth-order valence-electron chi connectivity index (χ4n) is 1.94. The first-order valence-corrected chi connectivity index (χ1v) is 6.58. The Hall–Kier alpha value is -1.09. The molecule has 0 aliphatic carbocycles. The first-order chi connectivity index (χ1) is 8.01. The highest BCUT2D eigenvalue weighted by Gasteiger charge is 2.03. The predicted molar refractivity (Wildman–Crippen MR) is 79.6 cm³/mol. The molecule has 1 aromatic carbocycles. The third-order valence-electron chi connectivity index (χ3n) is 2.58. The Morgan fingerprint density at radius 1 is 1.24 bits per heavy atom. The molecule has 94 valence electrons. The van der Waals surface area contributed by atoms with Crippen molar-refractivity contribution in [1.29, 1.82) is 0 Å². The summed E-state index contributed by atoms with van der Waals surface area (Å²) in [5.41, 5.74) is 3.55. The van der Waals surface area contributed by atoms with Gasteiger partial charge in [0.05, 0.1) is 0 Å². The van der Waals surface area contributed by atoms with Crippen LogP contribution >= 0.6 is 12.2 Å². The Labute approximate surface area is 110 Å². The van der Waals surface area contributed by atoms with Crippen LogP contribution in [-0.2, 0) is 0 Å². The van der Waals surface area contributed by atoms with Crippen LogP contribution in [0, 0.1) is 13.8 Å². The molecule has 3 heteroatoms. The molecule has 0 heterocycles. The van der Waals surface area contributed by atoms with Crippen molar-refractivity contribution in [3.05, 3.63) is 29.3 Å². The van der Waals surface area contributed by atoms with Crippen molar-refractivity contribution in [2.45, 2.75) is 46.6 Å². The second-order valence-electron chi connectivity index (χ2n) is 4.66. The number of nitrogens with one attached hydrogen (secondary N) is 2. The number of rotatable bonds is 4. The molecular formula is C14H22N2S. The molecule has 17 heavy (non-hydrogen) atoms. The topological polar surface area (TPSA) is 24.1 Å². The second-order valence-corrected chi connectivity index (χ2v) is 5.07. The average molecular weight is 250 g/mol. The molecule has 0 fully saturated rings. The lowest BCUT2D eigenvalue weighted by Crippen LogP contribution is -2.35. The standard InChI is InChI=1S/C14H22N2S/c1-5-6-12(4)15-14(17)16-13-8-10(2)7-11(3)9-13/h7-9,12H,5-6H2,1-4H3,(H2,15,16,17)/t12-/m1/s1. The maximum atomic E-state index is 5.29. The fourth-order valence-corrected chi connectivity index (χ4v) is 2.26. The second kappa shape index (κ2) is 6.60. The van der Waals surface area contributed by atoms with E-state index in [9.17, 15) is 0 Å². The Morgan fingerprint density at radius 3 is 2.35 bits per heavy atom. The monoisotopic (exact) mass is 250 g/mol. The highest BCUT2D eigenvalue weighted by molar-refractivity contribution is 7.80. The summed E-state index contributed by atoms with van der Waals surface area (Å²) >= 11 is 5.29. The van der Waals surface area contributed by atoms with Crippen molar-refractivity contribution in [3.63, 3.8) is 0 Å². The van der Waals surface area contributed by atoms with E-state index in [0.29, 0.717) is 11.2 Å². The number of benzene rings is 1. The molecule has 0 bridgehead atoms. The van der Waals surface area contributed by atoms with Gasteiger partial charge in [-0.25, -0.2) is 0 Å². The van der Waals surface area contributed by atoms with Crippen molar-refractivity contribution >= 4 is 23.0 Å². The molecule has 0 unspecified atom stereocenters. The zero-order valence-corrected chi connectivity index (χ0v) is 11.9. The van der Waals surface area contributed by atoms with Crippen LogP contribution in [0.2, 0.25) is 0 Å². The van der Waals surface area contributed by atoms with Gasteiger partial charge in [-0.2, -0.15) is 0 Å². The fraction of sp³-hybridized carbons (Fsp3) is 0.500. The van der Waals surface area contributed by atoms with E-state index < -0.39 is 0 Å². The van der Waals surface area contributed by atoms with E-state index in [2.05, 4.69) is 56.5 Å². The Morgan fingerprint density at radius 2 is 1.82 bits per heavy atom. The Bertz CT molecular complexity index is 368. The third-order valence-corrected chi connectivity index (χ3v) is 2.80. The minimum atomic E-state index is 0.422. The van der Waals surface area contributed by atoms with Gasteiger partial charge >= 0.3 is 0 Å². The van der Waals surface area contributed by atoms with Crippen LogP contribution in [0.15, 0.2) is 18.2 Å². The highest BCUT2D eigenvalue weighted by Crippen LogP contribution is 2.13. The lowest BCUT2D eigenvalue weighted by atomic mass is 10.1. The van der Waals surface area contributed by atoms with Crippen LogP contribution < -0.4 is 10.6 Å². The van der Waals surface area contributed by atoms with Crippen LogP contribution in [0.3, 0.4) is 0 Å². The number of hydrogen-bond acceptors (Lipinski definition) is 1. The largest absolute Gasteiger partial charge is 0.360 e. The molecule has 0 spiro atoms. The first-order valence-electron chi connectivity index (χ1n) is 6.17. The predicted octanol–water partition coefficient (Wildman–Crippen LogP) is 3.78. The van der Waals surface area contributed by atoms with E-state index in [1.165, 1.54) is 17.5 Å². The van der Waals surface area contributed by atoms with Gasteiger partial charge in [-0.1, -0.05) is 19.4 Å². The summed E-state index contributed by atoms with van der Waals surface area (Å²) < 4.78 is 0. The van der Waals surface area contributed by atoms with Gasteiger partial charge in [0.2, 0.25) is 0 Å². The quantitative estimate of drug-likeness (QED) is 0.795. The molecular weight excluding hydrogens is 228 g/mol. The highest BCUT2D eigenvalue weighted by atomic mass is 32.1. The molecule has 0 aliphatic heterocycles. The van der Waals surface area contributed by atoms with Crippen molar-refractivity contribution in [2.24, 2.45) is 0 Å². The minimum absolute atomic E-state index is 0.422. The summed E-state index contributed by atoms with van der Waals surface area (Å²) in [6, 6.07) is 6.78. The van der Waals surface area contributed by atoms with Gasteiger partial charge in [-0.15, -0.1) is 0 Å². The van der Waals surface area contributed by atoms with Crippen molar-refractivity contribution in [3.8, 4) is 0 Å². The normalized spacial score (nSPS) is 12.0. The summed E-state index contributed by atoms with van der Waals surface area (Å²) in [4.78, 5) is 0. The molecule has 1 rings (SSSR count). The molecule has 0 radical (unpaired) electrons. The summed E-state index contributed by atoms with van der Waals surface area (Å²) in [5, 5.41) is 7.23. The maximum absolute atomic E-state index is 5.29. The minimum Gasteiger partial charge on any atom is -0.360 e. The zero-order chi connectivity index (χ0) is 12.8. The van der Waals surface area contributed by atoms with Gasteiger partial charge in [0.15, 0.2) is 5.11 Å². The van der Waals surface area contributed by atoms with Crippen LogP contribution in [-0.4, -0.2) is 11.2 Å². The number of hydrogen-bond donors (Lipinski definition) is 2. The van der Waals surface area contributed by atoms with E-state index in [4.69, 9.17) is 12.2 Å². The maximum Gasteiger partial charge on any atom is 0.170 e. The summed E-state index contributed by atoms with van der Waals surface area (Å²) in [6.07, 6.45) is 2.30. The molecule has 1 atom stereocenters. The smallest absolute Gasteiger partial charge is 0.170 e. The van der Waals surface area contributed by atoms with Gasteiger partial charge in [0, 0.05) is 11.7 Å². The summed E-state index contributed by atoms with van der Waals surface area (Å²) in [5.74, 6) is 0. The molecule has 2 N–H and O–H groups in total. The first kappa shape index (κ1) is 14.0. The average Bonchev–Trinajstić information content (AvgIpc) is 2.14. The van der Waals surface area contributed by atoms with Gasteiger partial charge in [-0.3, -0.25) is 0 Å². The molecule has 0 aliphatic rings. The lowest BCUT2D eigenvalue weighted by molar-refractivity contribution is 0.599. The zero-order valence-electron chi connectivity index (χ0n) is 11.1. The summed E-state index contributed by atoms with van der Waals surface area (Å²) in [6.45, 7) is 8.51. The molecule has 2 nitrogen and oxygen atoms in total. The van der Waals surface area contributed by atoms with Crippen molar-refractivity contribution in [2.75, 3.05) is 5.32 Å². The van der Waals surface area contributed by atoms with Crippen LogP contribution in [0.4, 0.5) is 5.69 Å². The third kappa shape index (κ3) is 5.18. The van der Waals surface area contributed by atoms with Gasteiger partial charge in [0.25, 0.3) is 0 Å². The Balaban J connectivity index is 2.56. The van der Waals surface area contributed by atoms with E-state index in [-0.39, 0.29) is 0 Å². The van der Waals surface area contributed by atoms with E-state index in [0.717, 1.165) is 12.1 Å². The van der Waals surface area contributed by atoms with Crippen LogP contribution in [0.1, 0.15) is 37.8 Å². The number of aryl methyl sites for hydroxylation is 2. The van der Waals surface area contributed by atoms with Crippen molar-refractivity contribution in [1.82, 2.24) is 5.32 Å². The molecule has 0 saturated heterocycles. The lowest BCUT2D eigenvalue weighted by Gasteiger charge is -2.16. The molecule has 0 saturated carbocycles. The molecule has 1 aromatic rings. The summed E-state index contributed by atoms with van der Waals surface area (Å²) in [7, 11) is 0. The van der Waals surface area contributed by atoms with Crippen molar-refractivity contribution < 1.29 is 0 Å². The Kier molecular flexibility index (Phi) is 5.42. The SMILES string of the molecule is CCC[C@@H](C)NC(=S)Nc1cc(C)cc(C)c1. The molecule has 0 aromatic heterocycles. The van der Waals surface area contributed by atoms with E-state index in [1.54, 1.807) is 0 Å². The van der Waals surface area contributed by atoms with Gasteiger partial charge in [0.1, 0.15) is 0 Å². The van der Waals surface area contributed by atoms with E-state index >= 15 is 0 Å². The van der Waals surface area contributed by atoms with Gasteiger partial charge in [-0.05, 0) is 62.7 Å². The van der Waals surface area contributed by atoms with E-state index in [1.807, 2.05) is 0 Å². The molecule has 0 amide bonds. The van der Waals surface area contributed by atoms with Crippen LogP contribution in [0.5, 0.6) is 0 Å². The number of anilines is 1. The van der Waals surface area contributed by atoms with Gasteiger partial charge < -0.3 is 10.6 Å². The van der Waals surface area contributed by atoms with Crippen LogP contribution in [0.25, 0.3) is 0 Å². The number of thiocarbonyl (C=S) groups is 1.